The maximum Gasteiger partial charge on any atom is 0.490 e. The minimum absolute atomic E-state index is 0.00407. The molecule has 1 aromatic heterocycles. The van der Waals surface area contributed by atoms with Gasteiger partial charge in [0, 0.05) is 44.4 Å². The summed E-state index contributed by atoms with van der Waals surface area (Å²) in [6.07, 6.45) is -2.25. The van der Waals surface area contributed by atoms with Crippen LogP contribution in [0, 0.1) is 5.41 Å². The first-order valence-corrected chi connectivity index (χ1v) is 9.56. The second-order valence-electron chi connectivity index (χ2n) is 7.17. The molecule has 1 atom stereocenters. The number of hydrogen-bond acceptors (Lipinski definition) is 6. The van der Waals surface area contributed by atoms with E-state index in [1.807, 2.05) is 36.2 Å². The molecule has 1 unspecified atom stereocenters. The summed E-state index contributed by atoms with van der Waals surface area (Å²) in [5.74, 6) is -1.69. The number of carbonyl (C=O) groups excluding carboxylic acids is 1. The molecule has 0 aromatic carbocycles. The van der Waals surface area contributed by atoms with Crippen molar-refractivity contribution in [2.75, 3.05) is 57.5 Å². The molecule has 8 nitrogen and oxygen atoms in total. The molecule has 11 heteroatoms. The third-order valence-corrected chi connectivity index (χ3v) is 4.88. The smallest absolute Gasteiger partial charge is 0.475 e. The van der Waals surface area contributed by atoms with E-state index in [9.17, 15) is 18.0 Å². The lowest BCUT2D eigenvalue weighted by atomic mass is 9.87. The van der Waals surface area contributed by atoms with E-state index in [4.69, 9.17) is 19.4 Å². The third-order valence-electron chi connectivity index (χ3n) is 4.88. The van der Waals surface area contributed by atoms with Gasteiger partial charge in [-0.05, 0) is 25.5 Å². The Morgan fingerprint density at radius 1 is 1.30 bits per heavy atom. The van der Waals surface area contributed by atoms with Crippen LogP contribution in [0.4, 0.5) is 19.0 Å². The monoisotopic (exact) mass is 433 g/mol. The Hall–Kier alpha value is -2.40. The largest absolute Gasteiger partial charge is 0.490 e. The van der Waals surface area contributed by atoms with Crippen molar-refractivity contribution in [3.8, 4) is 0 Å². The van der Waals surface area contributed by atoms with Gasteiger partial charge in [0.05, 0.1) is 13.2 Å². The highest BCUT2D eigenvalue weighted by Gasteiger charge is 2.42. The molecule has 1 amide bonds. The number of carbonyl (C=O) groups is 2. The van der Waals surface area contributed by atoms with Crippen molar-refractivity contribution in [1.29, 1.82) is 0 Å². The van der Waals surface area contributed by atoms with Gasteiger partial charge in [0.2, 0.25) is 5.91 Å². The van der Waals surface area contributed by atoms with E-state index >= 15 is 0 Å². The molecule has 2 aliphatic rings. The summed E-state index contributed by atoms with van der Waals surface area (Å²) < 4.78 is 42.8. The van der Waals surface area contributed by atoms with Crippen LogP contribution < -0.4 is 4.90 Å². The predicted molar refractivity (Wildman–Crippen MR) is 101 cm³/mol. The summed E-state index contributed by atoms with van der Waals surface area (Å²) in [5.41, 5.74) is -0.00407. The molecule has 0 radical (unpaired) electrons. The maximum atomic E-state index is 12.3. The number of aliphatic carboxylic acids is 1. The number of anilines is 1. The summed E-state index contributed by atoms with van der Waals surface area (Å²) in [5, 5.41) is 7.12. The second kappa shape index (κ2) is 10.6. The average molecular weight is 433 g/mol. The minimum atomic E-state index is -5.08. The van der Waals surface area contributed by atoms with Gasteiger partial charge in [-0.25, -0.2) is 9.78 Å². The molecule has 3 rings (SSSR count). The second-order valence-corrected chi connectivity index (χ2v) is 7.17. The number of halogens is 3. The zero-order valence-electron chi connectivity index (χ0n) is 16.7. The number of ether oxygens (including phenoxy) is 2. The maximum absolute atomic E-state index is 12.3. The molecule has 2 saturated heterocycles. The van der Waals surface area contributed by atoms with Crippen molar-refractivity contribution in [3.63, 3.8) is 0 Å². The zero-order valence-corrected chi connectivity index (χ0v) is 16.7. The van der Waals surface area contributed by atoms with Crippen LogP contribution in [0.25, 0.3) is 0 Å². The van der Waals surface area contributed by atoms with Gasteiger partial charge in [-0.1, -0.05) is 6.07 Å². The molecule has 0 saturated carbocycles. The molecular weight excluding hydrogens is 407 g/mol. The Morgan fingerprint density at radius 2 is 2.03 bits per heavy atom. The number of carboxylic acid groups (broad SMARTS) is 1. The van der Waals surface area contributed by atoms with Gasteiger partial charge < -0.3 is 24.4 Å². The highest BCUT2D eigenvalue weighted by Crippen LogP contribution is 2.35. The van der Waals surface area contributed by atoms with Gasteiger partial charge in [0.15, 0.2) is 0 Å². The summed E-state index contributed by atoms with van der Waals surface area (Å²) in [6, 6.07) is 5.97. The van der Waals surface area contributed by atoms with Crippen LogP contribution in [0.5, 0.6) is 0 Å². The molecule has 2 fully saturated rings. The van der Waals surface area contributed by atoms with Gasteiger partial charge in [0.25, 0.3) is 0 Å². The lowest BCUT2D eigenvalue weighted by Crippen LogP contribution is -2.44. The fourth-order valence-corrected chi connectivity index (χ4v) is 3.40. The molecule has 168 valence electrons. The summed E-state index contributed by atoms with van der Waals surface area (Å²) in [7, 11) is 0. The predicted octanol–water partition coefficient (Wildman–Crippen LogP) is 1.81. The zero-order chi connectivity index (χ0) is 22.2. The highest BCUT2D eigenvalue weighted by atomic mass is 19.4. The van der Waals surface area contributed by atoms with Gasteiger partial charge in [-0.2, -0.15) is 13.2 Å². The molecule has 30 heavy (non-hydrogen) atoms. The molecule has 2 aliphatic heterocycles. The minimum Gasteiger partial charge on any atom is -0.475 e. The van der Waals surface area contributed by atoms with Gasteiger partial charge >= 0.3 is 12.1 Å². The van der Waals surface area contributed by atoms with E-state index in [1.165, 1.54) is 0 Å². The number of alkyl halides is 3. The average Bonchev–Trinajstić information content (AvgIpc) is 3.00. The first-order chi connectivity index (χ1) is 14.2. The van der Waals surface area contributed by atoms with E-state index in [0.29, 0.717) is 26.4 Å². The first kappa shape index (κ1) is 23.9. The van der Waals surface area contributed by atoms with Crippen molar-refractivity contribution in [2.24, 2.45) is 5.41 Å². The molecule has 0 bridgehead atoms. The van der Waals surface area contributed by atoms with Crippen molar-refractivity contribution < 1.29 is 37.3 Å². The summed E-state index contributed by atoms with van der Waals surface area (Å²) in [6.45, 7) is 7.15. The lowest BCUT2D eigenvalue weighted by Gasteiger charge is -2.32. The Bertz CT molecular complexity index is 704. The van der Waals surface area contributed by atoms with Crippen molar-refractivity contribution in [1.82, 2.24) is 9.88 Å². The van der Waals surface area contributed by atoms with Crippen molar-refractivity contribution >= 4 is 17.7 Å². The summed E-state index contributed by atoms with van der Waals surface area (Å²) >= 11 is 0. The SMILES string of the molecule is CCOCC(=O)N1CCOCC2(CCN(c3ccccn3)C2)C1.O=C(O)C(F)(F)F. The molecular formula is C19H26F3N3O5. The topological polar surface area (TPSA) is 92.2 Å². The lowest BCUT2D eigenvalue weighted by molar-refractivity contribution is -0.192. The normalized spacial score (nSPS) is 21.7. The van der Waals surface area contributed by atoms with Gasteiger partial charge in [-0.15, -0.1) is 0 Å². The van der Waals surface area contributed by atoms with E-state index < -0.39 is 12.1 Å². The first-order valence-electron chi connectivity index (χ1n) is 9.56. The van der Waals surface area contributed by atoms with Crippen LogP contribution in [0.2, 0.25) is 0 Å². The Morgan fingerprint density at radius 3 is 2.63 bits per heavy atom. The van der Waals surface area contributed by atoms with E-state index in [2.05, 4.69) is 9.88 Å². The van der Waals surface area contributed by atoms with Crippen LogP contribution in [-0.4, -0.2) is 85.6 Å². The number of nitrogens with zero attached hydrogens (tertiary/aromatic N) is 3. The van der Waals surface area contributed by atoms with Crippen LogP contribution in [0.3, 0.4) is 0 Å². The fraction of sp³-hybridized carbons (Fsp3) is 0.632. The molecule has 1 N–H and O–H groups in total. The third kappa shape index (κ3) is 6.84. The van der Waals surface area contributed by atoms with Crippen LogP contribution in [0.1, 0.15) is 13.3 Å². The Labute approximate surface area is 172 Å². The van der Waals surface area contributed by atoms with E-state index in [1.54, 1.807) is 0 Å². The van der Waals surface area contributed by atoms with E-state index in [0.717, 1.165) is 31.9 Å². The van der Waals surface area contributed by atoms with Crippen LogP contribution >= 0.6 is 0 Å². The Kier molecular flexibility index (Phi) is 8.42. The van der Waals surface area contributed by atoms with Crippen molar-refractivity contribution in [3.05, 3.63) is 24.4 Å². The number of carboxylic acids is 1. The number of rotatable bonds is 4. The Balaban J connectivity index is 0.000000396. The number of pyridine rings is 1. The molecule has 1 spiro atoms. The quantitative estimate of drug-likeness (QED) is 0.774. The number of hydrogen-bond donors (Lipinski definition) is 1. The van der Waals surface area contributed by atoms with E-state index in [-0.39, 0.29) is 17.9 Å². The van der Waals surface area contributed by atoms with Gasteiger partial charge in [-0.3, -0.25) is 4.79 Å². The molecule has 3 heterocycles. The summed E-state index contributed by atoms with van der Waals surface area (Å²) in [4.78, 5) is 29.9. The molecule has 1 aromatic rings. The fourth-order valence-electron chi connectivity index (χ4n) is 3.40. The number of aromatic nitrogens is 1. The van der Waals surface area contributed by atoms with Crippen LogP contribution in [-0.2, 0) is 19.1 Å². The molecule has 0 aliphatic carbocycles. The van der Waals surface area contributed by atoms with Crippen molar-refractivity contribution in [2.45, 2.75) is 19.5 Å². The highest BCUT2D eigenvalue weighted by molar-refractivity contribution is 5.77. The van der Waals surface area contributed by atoms with Crippen LogP contribution in [0.15, 0.2) is 24.4 Å². The van der Waals surface area contributed by atoms with Gasteiger partial charge in [0.1, 0.15) is 12.4 Å². The number of amides is 1. The standard InChI is InChI=1S/C17H25N3O3.C2HF3O2/c1-2-22-11-16(21)20-9-10-23-14-17(13-20)6-8-19(12-17)15-5-3-4-7-18-15;3-2(4,5)1(6)7/h3-5,7H,2,6,8-14H2,1H3;(H,6,7).